The fraction of sp³-hybridized carbons (Fsp3) is 0.529. The third-order valence-electron chi connectivity index (χ3n) is 3.56. The summed E-state index contributed by atoms with van der Waals surface area (Å²) in [5, 5.41) is 2.75. The van der Waals surface area contributed by atoms with Crippen molar-refractivity contribution in [3.8, 4) is 0 Å². The van der Waals surface area contributed by atoms with Gasteiger partial charge in [0.05, 0.1) is 0 Å². The fourth-order valence-electron chi connectivity index (χ4n) is 2.48. The van der Waals surface area contributed by atoms with Crippen molar-refractivity contribution in [2.24, 2.45) is 0 Å². The number of carbonyl (C=O) groups excluding carboxylic acids is 2. The molecule has 22 heavy (non-hydrogen) atoms. The number of alkyl carbamates (subject to hydrolysis) is 1. The zero-order chi connectivity index (χ0) is 16.3. The highest BCUT2D eigenvalue weighted by Crippen LogP contribution is 2.20. The Morgan fingerprint density at radius 2 is 2.00 bits per heavy atom. The predicted octanol–water partition coefficient (Wildman–Crippen LogP) is 2.62. The first-order chi connectivity index (χ1) is 10.2. The monoisotopic (exact) mass is 304 g/mol. The first kappa shape index (κ1) is 16.3. The highest BCUT2D eigenvalue weighted by molar-refractivity contribution is 5.73. The lowest BCUT2D eigenvalue weighted by atomic mass is 9.97. The van der Waals surface area contributed by atoms with E-state index in [-0.39, 0.29) is 5.91 Å². The summed E-state index contributed by atoms with van der Waals surface area (Å²) in [5.74, 6) is 0.0999. The molecule has 1 heterocycles. The first-order valence-corrected chi connectivity index (χ1v) is 7.57. The average molecular weight is 304 g/mol. The normalized spacial score (nSPS) is 14.3. The van der Waals surface area contributed by atoms with Crippen LogP contribution in [-0.4, -0.2) is 29.0 Å². The van der Waals surface area contributed by atoms with E-state index in [4.69, 9.17) is 4.74 Å². The lowest BCUT2D eigenvalue weighted by Gasteiger charge is -2.28. The molecule has 0 atom stereocenters. The van der Waals surface area contributed by atoms with Crippen LogP contribution in [0.3, 0.4) is 0 Å². The number of ether oxygens (including phenoxy) is 1. The van der Waals surface area contributed by atoms with Crippen LogP contribution < -0.4 is 5.32 Å². The lowest BCUT2D eigenvalue weighted by Crippen LogP contribution is -2.34. The molecule has 0 unspecified atom stereocenters. The van der Waals surface area contributed by atoms with Crippen LogP contribution in [0.15, 0.2) is 18.2 Å². The van der Waals surface area contributed by atoms with Crippen LogP contribution in [0.2, 0.25) is 0 Å². The number of fused-ring (bicyclic) bond motifs is 1. The van der Waals surface area contributed by atoms with E-state index in [1.807, 2.05) is 31.7 Å². The zero-order valence-electron chi connectivity index (χ0n) is 13.7. The molecular weight excluding hydrogens is 280 g/mol. The Bertz CT molecular complexity index is 576. The molecule has 0 saturated heterocycles. The minimum absolute atomic E-state index is 0.0999. The van der Waals surface area contributed by atoms with Gasteiger partial charge < -0.3 is 15.0 Å². The third kappa shape index (κ3) is 4.48. The van der Waals surface area contributed by atoms with Crippen LogP contribution in [-0.2, 0) is 29.0 Å². The second-order valence-corrected chi connectivity index (χ2v) is 6.65. The van der Waals surface area contributed by atoms with Gasteiger partial charge in [-0.2, -0.15) is 0 Å². The molecule has 2 amide bonds. The Morgan fingerprint density at radius 3 is 2.64 bits per heavy atom. The van der Waals surface area contributed by atoms with E-state index in [0.717, 1.165) is 24.1 Å². The molecule has 1 aromatic carbocycles. The summed E-state index contributed by atoms with van der Waals surface area (Å²) in [7, 11) is 0. The number of benzene rings is 1. The molecule has 2 rings (SSSR count). The summed E-state index contributed by atoms with van der Waals surface area (Å²) in [4.78, 5) is 25.0. The number of nitrogens with one attached hydrogen (secondary N) is 1. The maximum atomic E-state index is 11.7. The molecule has 1 aliphatic heterocycles. The van der Waals surface area contributed by atoms with Crippen molar-refractivity contribution in [2.75, 3.05) is 6.54 Å². The molecule has 0 aliphatic carbocycles. The summed E-state index contributed by atoms with van der Waals surface area (Å²) in [5.41, 5.74) is 2.94. The molecule has 1 aliphatic rings. The molecule has 1 aromatic rings. The summed E-state index contributed by atoms with van der Waals surface area (Å²) in [6, 6.07) is 6.15. The van der Waals surface area contributed by atoms with E-state index in [0.29, 0.717) is 13.1 Å². The minimum atomic E-state index is -0.498. The molecule has 120 valence electrons. The van der Waals surface area contributed by atoms with Crippen LogP contribution in [0.4, 0.5) is 4.79 Å². The first-order valence-electron chi connectivity index (χ1n) is 7.57. The van der Waals surface area contributed by atoms with Crippen molar-refractivity contribution >= 4 is 12.0 Å². The van der Waals surface area contributed by atoms with E-state index in [9.17, 15) is 9.59 Å². The summed E-state index contributed by atoms with van der Waals surface area (Å²) < 4.78 is 5.22. The van der Waals surface area contributed by atoms with Crippen LogP contribution in [0.25, 0.3) is 0 Å². The van der Waals surface area contributed by atoms with Gasteiger partial charge in [-0.25, -0.2) is 4.79 Å². The largest absolute Gasteiger partial charge is 0.444 e. The van der Waals surface area contributed by atoms with Gasteiger partial charge >= 0.3 is 6.09 Å². The Kier molecular flexibility index (Phi) is 4.74. The Balaban J connectivity index is 1.98. The number of amides is 2. The molecule has 5 nitrogen and oxygen atoms in total. The third-order valence-corrected chi connectivity index (χ3v) is 3.56. The molecule has 5 heteroatoms. The van der Waals surface area contributed by atoms with E-state index in [1.165, 1.54) is 5.56 Å². The molecule has 0 bridgehead atoms. The van der Waals surface area contributed by atoms with E-state index >= 15 is 0 Å². The summed E-state index contributed by atoms with van der Waals surface area (Å²) in [6.07, 6.45) is 0.463. The number of carbonyl (C=O) groups is 2. The Labute approximate surface area is 131 Å². The van der Waals surface area contributed by atoms with E-state index < -0.39 is 11.7 Å². The van der Waals surface area contributed by atoms with Crippen LogP contribution >= 0.6 is 0 Å². The van der Waals surface area contributed by atoms with Crippen molar-refractivity contribution < 1.29 is 14.3 Å². The summed E-state index contributed by atoms with van der Waals surface area (Å²) >= 11 is 0. The van der Waals surface area contributed by atoms with Crippen molar-refractivity contribution in [3.05, 3.63) is 34.9 Å². The highest BCUT2D eigenvalue weighted by atomic mass is 16.6. The van der Waals surface area contributed by atoms with Gasteiger partial charge in [0.1, 0.15) is 5.60 Å². The van der Waals surface area contributed by atoms with Gasteiger partial charge in [0.25, 0.3) is 0 Å². The van der Waals surface area contributed by atoms with E-state index in [1.54, 1.807) is 6.92 Å². The highest BCUT2D eigenvalue weighted by Gasteiger charge is 2.19. The topological polar surface area (TPSA) is 58.6 Å². The van der Waals surface area contributed by atoms with Crippen LogP contribution in [0.1, 0.15) is 44.4 Å². The SMILES string of the molecule is CC(=O)N1CCc2ccc(CNC(=O)OC(C)(C)C)cc2C1. The van der Waals surface area contributed by atoms with Crippen molar-refractivity contribution in [1.29, 1.82) is 0 Å². The van der Waals surface area contributed by atoms with Crippen molar-refractivity contribution in [1.82, 2.24) is 10.2 Å². The van der Waals surface area contributed by atoms with Gasteiger partial charge in [-0.05, 0) is 43.9 Å². The molecule has 0 saturated carbocycles. The van der Waals surface area contributed by atoms with Crippen molar-refractivity contribution in [2.45, 2.75) is 52.8 Å². The Morgan fingerprint density at radius 1 is 1.27 bits per heavy atom. The number of rotatable bonds is 2. The van der Waals surface area contributed by atoms with Gasteiger partial charge in [-0.1, -0.05) is 18.2 Å². The molecule has 0 radical (unpaired) electrons. The lowest BCUT2D eigenvalue weighted by molar-refractivity contribution is -0.129. The van der Waals surface area contributed by atoms with Crippen molar-refractivity contribution in [3.63, 3.8) is 0 Å². The van der Waals surface area contributed by atoms with Gasteiger partial charge in [0.15, 0.2) is 0 Å². The smallest absolute Gasteiger partial charge is 0.407 e. The van der Waals surface area contributed by atoms with Gasteiger partial charge in [0, 0.05) is 26.6 Å². The maximum absolute atomic E-state index is 11.7. The van der Waals surface area contributed by atoms with E-state index in [2.05, 4.69) is 17.4 Å². The van der Waals surface area contributed by atoms with Crippen LogP contribution in [0, 0.1) is 0 Å². The number of nitrogens with zero attached hydrogens (tertiary/aromatic N) is 1. The predicted molar refractivity (Wildman–Crippen MR) is 84.3 cm³/mol. The molecule has 0 spiro atoms. The molecule has 1 N–H and O–H groups in total. The number of hydrogen-bond donors (Lipinski definition) is 1. The quantitative estimate of drug-likeness (QED) is 0.913. The zero-order valence-corrected chi connectivity index (χ0v) is 13.7. The van der Waals surface area contributed by atoms with Gasteiger partial charge in [-0.3, -0.25) is 4.79 Å². The second-order valence-electron chi connectivity index (χ2n) is 6.65. The maximum Gasteiger partial charge on any atom is 0.407 e. The Hall–Kier alpha value is -2.04. The summed E-state index contributed by atoms with van der Waals surface area (Å²) in [6.45, 7) is 8.94. The van der Waals surface area contributed by atoms with Gasteiger partial charge in [0.2, 0.25) is 5.91 Å². The molecule has 0 aromatic heterocycles. The van der Waals surface area contributed by atoms with Gasteiger partial charge in [-0.15, -0.1) is 0 Å². The molecule has 0 fully saturated rings. The number of hydrogen-bond acceptors (Lipinski definition) is 3. The fourth-order valence-corrected chi connectivity index (χ4v) is 2.48. The average Bonchev–Trinajstić information content (AvgIpc) is 2.42. The minimum Gasteiger partial charge on any atom is -0.444 e. The second kappa shape index (κ2) is 6.38. The molecular formula is C17H24N2O3. The van der Waals surface area contributed by atoms with Crippen LogP contribution in [0.5, 0.6) is 0 Å². The standard InChI is InChI=1S/C17H24N2O3/c1-12(20)19-8-7-14-6-5-13(9-15(14)11-19)10-18-16(21)22-17(2,3)4/h5-6,9H,7-8,10-11H2,1-4H3,(H,18,21).